The summed E-state index contributed by atoms with van der Waals surface area (Å²) in [5, 5.41) is -2.48. The maximum atomic E-state index is 12.5. The smallest absolute Gasteiger partial charge is 0.381 e. The monoisotopic (exact) mass is 266 g/mol. The molecule has 3 nitrogen and oxygen atoms in total. The fraction of sp³-hybridized carbons (Fsp3) is 1.00. The van der Waals surface area contributed by atoms with Gasteiger partial charge < -0.3 is 4.74 Å². The number of rotatable bonds is 2. The molecule has 90 valence electrons. The number of hydrogen-bond acceptors (Lipinski definition) is 3. The Labute approximate surface area is 90.0 Å². The molecule has 1 atom stereocenters. The van der Waals surface area contributed by atoms with Gasteiger partial charge in [0.15, 0.2) is 5.25 Å². The predicted molar refractivity (Wildman–Crippen MR) is 48.2 cm³/mol. The van der Waals surface area contributed by atoms with E-state index in [1.165, 1.54) is 0 Å². The lowest BCUT2D eigenvalue weighted by Gasteiger charge is -2.29. The van der Waals surface area contributed by atoms with Crippen LogP contribution < -0.4 is 0 Å². The van der Waals surface area contributed by atoms with E-state index in [0.717, 1.165) is 0 Å². The van der Waals surface area contributed by atoms with E-state index < -0.39 is 26.4 Å². The first-order valence-electron chi connectivity index (χ1n) is 4.31. The highest BCUT2D eigenvalue weighted by atomic mass is 35.7. The van der Waals surface area contributed by atoms with E-state index in [-0.39, 0.29) is 26.1 Å². The summed E-state index contributed by atoms with van der Waals surface area (Å²) in [6, 6.07) is 0. The van der Waals surface area contributed by atoms with Crippen LogP contribution in [0.1, 0.15) is 12.8 Å². The Balaban J connectivity index is 2.91. The molecule has 1 aliphatic rings. The van der Waals surface area contributed by atoms with Crippen molar-refractivity contribution in [1.29, 1.82) is 0 Å². The molecule has 0 aromatic rings. The van der Waals surface area contributed by atoms with E-state index in [1.54, 1.807) is 0 Å². The Morgan fingerprint density at radius 3 is 2.07 bits per heavy atom. The zero-order chi connectivity index (χ0) is 11.7. The third-order valence-electron chi connectivity index (χ3n) is 2.32. The van der Waals surface area contributed by atoms with Crippen LogP contribution in [-0.4, -0.2) is 33.1 Å². The fourth-order valence-corrected chi connectivity index (χ4v) is 3.47. The molecule has 15 heavy (non-hydrogen) atoms. The maximum absolute atomic E-state index is 12.5. The summed E-state index contributed by atoms with van der Waals surface area (Å²) in [6.45, 7) is 0.285. The Morgan fingerprint density at radius 2 is 1.73 bits per heavy atom. The molecule has 8 heteroatoms. The Hall–Kier alpha value is -0.0100. The number of halogens is 4. The van der Waals surface area contributed by atoms with Gasteiger partial charge in [0.2, 0.25) is 9.05 Å². The second-order valence-corrected chi connectivity index (χ2v) is 6.14. The van der Waals surface area contributed by atoms with Crippen LogP contribution in [0.5, 0.6) is 0 Å². The standard InChI is InChI=1S/C7H10ClF3O3S/c8-15(12,13)6(7(9,10)11)5-1-3-14-4-2-5/h5-6H,1-4H2. The van der Waals surface area contributed by atoms with Gasteiger partial charge in [0.1, 0.15) is 0 Å². The molecule has 0 bridgehead atoms. The number of alkyl halides is 3. The average molecular weight is 267 g/mol. The van der Waals surface area contributed by atoms with Crippen LogP contribution in [-0.2, 0) is 13.8 Å². The molecule has 1 heterocycles. The van der Waals surface area contributed by atoms with E-state index in [9.17, 15) is 21.6 Å². The summed E-state index contributed by atoms with van der Waals surface area (Å²) in [5.41, 5.74) is 0. The van der Waals surface area contributed by atoms with E-state index >= 15 is 0 Å². The van der Waals surface area contributed by atoms with Gasteiger partial charge in [0.25, 0.3) is 0 Å². The van der Waals surface area contributed by atoms with Crippen LogP contribution in [0, 0.1) is 5.92 Å². The van der Waals surface area contributed by atoms with Crippen molar-refractivity contribution in [1.82, 2.24) is 0 Å². The third kappa shape index (κ3) is 3.49. The van der Waals surface area contributed by atoms with Crippen LogP contribution in [0.25, 0.3) is 0 Å². The minimum Gasteiger partial charge on any atom is -0.381 e. The summed E-state index contributed by atoms with van der Waals surface area (Å²) < 4.78 is 64.1. The van der Waals surface area contributed by atoms with Gasteiger partial charge in [-0.15, -0.1) is 0 Å². The number of ether oxygens (including phenoxy) is 1. The van der Waals surface area contributed by atoms with Gasteiger partial charge in [0, 0.05) is 23.9 Å². The first kappa shape index (κ1) is 13.1. The molecule has 0 aromatic heterocycles. The van der Waals surface area contributed by atoms with Crippen LogP contribution in [0.15, 0.2) is 0 Å². The van der Waals surface area contributed by atoms with Crippen molar-refractivity contribution in [3.05, 3.63) is 0 Å². The van der Waals surface area contributed by atoms with Gasteiger partial charge in [-0.25, -0.2) is 8.42 Å². The van der Waals surface area contributed by atoms with Crippen LogP contribution in [0.3, 0.4) is 0 Å². The molecule has 0 spiro atoms. The van der Waals surface area contributed by atoms with Gasteiger partial charge in [-0.1, -0.05) is 0 Å². The fourth-order valence-electron chi connectivity index (χ4n) is 1.68. The maximum Gasteiger partial charge on any atom is 0.407 e. The minimum absolute atomic E-state index is 0.0656. The van der Waals surface area contributed by atoms with Gasteiger partial charge in [0.05, 0.1) is 0 Å². The van der Waals surface area contributed by atoms with Gasteiger partial charge in [-0.2, -0.15) is 13.2 Å². The van der Waals surface area contributed by atoms with Gasteiger partial charge in [-0.3, -0.25) is 0 Å². The molecule has 0 amide bonds. The van der Waals surface area contributed by atoms with Crippen molar-refractivity contribution in [2.75, 3.05) is 13.2 Å². The van der Waals surface area contributed by atoms with E-state index in [4.69, 9.17) is 15.4 Å². The quantitative estimate of drug-likeness (QED) is 0.717. The molecule has 0 saturated carbocycles. The summed E-state index contributed by atoms with van der Waals surface area (Å²) in [6.07, 6.45) is -4.69. The number of hydrogen-bond donors (Lipinski definition) is 0. The Morgan fingerprint density at radius 1 is 1.27 bits per heavy atom. The molecule has 1 aliphatic heterocycles. The SMILES string of the molecule is O=S(=O)(Cl)C(C1CCOCC1)C(F)(F)F. The first-order chi connectivity index (χ1) is 6.73. The van der Waals surface area contributed by atoms with Crippen molar-refractivity contribution in [2.24, 2.45) is 5.92 Å². The summed E-state index contributed by atoms with van der Waals surface area (Å²) in [5.74, 6) is -0.999. The Bertz CT molecular complexity index is 308. The zero-order valence-corrected chi connectivity index (χ0v) is 9.20. The second kappa shape index (κ2) is 4.47. The highest BCUT2D eigenvalue weighted by Crippen LogP contribution is 2.37. The van der Waals surface area contributed by atoms with Gasteiger partial charge >= 0.3 is 6.18 Å². The lowest BCUT2D eigenvalue weighted by Crippen LogP contribution is -2.42. The molecule has 1 unspecified atom stereocenters. The highest BCUT2D eigenvalue weighted by Gasteiger charge is 2.52. The lowest BCUT2D eigenvalue weighted by molar-refractivity contribution is -0.145. The molecule has 0 aromatic carbocycles. The first-order valence-corrected chi connectivity index (χ1v) is 6.68. The molecule has 1 fully saturated rings. The molecule has 0 radical (unpaired) electrons. The lowest BCUT2D eigenvalue weighted by atomic mass is 9.96. The Kier molecular flexibility index (Phi) is 3.89. The van der Waals surface area contributed by atoms with E-state index in [0.29, 0.717) is 0 Å². The third-order valence-corrected chi connectivity index (χ3v) is 4.15. The van der Waals surface area contributed by atoms with E-state index in [2.05, 4.69) is 0 Å². The molecule has 0 N–H and O–H groups in total. The van der Waals surface area contributed by atoms with Crippen molar-refractivity contribution in [3.8, 4) is 0 Å². The van der Waals surface area contributed by atoms with Crippen LogP contribution in [0.2, 0.25) is 0 Å². The summed E-state index contributed by atoms with van der Waals surface area (Å²) >= 11 is 0. The van der Waals surface area contributed by atoms with Crippen molar-refractivity contribution in [3.63, 3.8) is 0 Å². The van der Waals surface area contributed by atoms with Crippen molar-refractivity contribution < 1.29 is 26.3 Å². The van der Waals surface area contributed by atoms with Crippen molar-refractivity contribution in [2.45, 2.75) is 24.3 Å². The summed E-state index contributed by atoms with van der Waals surface area (Å²) in [4.78, 5) is 0. The molecule has 1 rings (SSSR count). The average Bonchev–Trinajstić information content (AvgIpc) is 2.00. The normalized spacial score (nSPS) is 22.7. The highest BCUT2D eigenvalue weighted by molar-refractivity contribution is 8.14. The predicted octanol–water partition coefficient (Wildman–Crippen LogP) is 1.91. The molecule has 0 aliphatic carbocycles. The van der Waals surface area contributed by atoms with E-state index in [1.807, 2.05) is 0 Å². The topological polar surface area (TPSA) is 43.4 Å². The zero-order valence-electron chi connectivity index (χ0n) is 7.63. The minimum atomic E-state index is -4.82. The van der Waals surface area contributed by atoms with Gasteiger partial charge in [-0.05, 0) is 18.8 Å². The second-order valence-electron chi connectivity index (χ2n) is 3.39. The van der Waals surface area contributed by atoms with Crippen LogP contribution >= 0.6 is 10.7 Å². The largest absolute Gasteiger partial charge is 0.407 e. The van der Waals surface area contributed by atoms with Crippen LogP contribution in [0.4, 0.5) is 13.2 Å². The molecular weight excluding hydrogens is 257 g/mol. The van der Waals surface area contributed by atoms with Crippen molar-refractivity contribution >= 4 is 19.7 Å². The molecule has 1 saturated heterocycles. The summed E-state index contributed by atoms with van der Waals surface area (Å²) in [7, 11) is 0.198. The molecular formula is C7H10ClF3O3S.